The maximum absolute atomic E-state index is 12.1. The second kappa shape index (κ2) is 10.5. The summed E-state index contributed by atoms with van der Waals surface area (Å²) in [4.78, 5) is 14.4. The van der Waals surface area contributed by atoms with Crippen molar-refractivity contribution in [1.82, 2.24) is 20.4 Å². The monoisotopic (exact) mass is 443 g/mol. The number of allylic oxidation sites excluding steroid dienone is 3. The first-order valence-corrected chi connectivity index (χ1v) is 10.8. The fourth-order valence-corrected chi connectivity index (χ4v) is 4.11. The van der Waals surface area contributed by atoms with Crippen LogP contribution in [0.5, 0.6) is 0 Å². The molecule has 2 heterocycles. The number of morpholine rings is 1. The summed E-state index contributed by atoms with van der Waals surface area (Å²) in [5, 5.41) is 12.5. The van der Waals surface area contributed by atoms with Gasteiger partial charge in [-0.25, -0.2) is 0 Å². The number of hydrogen-bond acceptors (Lipinski definition) is 7. The number of nitrogens with two attached hydrogens (primary N) is 1. The number of carbonyl (C=O) groups is 1. The molecule has 3 N–H and O–H groups in total. The van der Waals surface area contributed by atoms with Crippen LogP contribution in [0, 0.1) is 5.92 Å². The van der Waals surface area contributed by atoms with Crippen molar-refractivity contribution in [2.45, 2.75) is 17.6 Å². The Kier molecular flexibility index (Phi) is 7.99. The largest absolute Gasteiger partial charge is 0.382 e. The average Bonchev–Trinajstić information content (AvgIpc) is 2.69. The van der Waals surface area contributed by atoms with Gasteiger partial charge in [-0.3, -0.25) is 9.69 Å². The smallest absolute Gasteiger partial charge is 0.230 e. The molecule has 7 nitrogen and oxygen atoms in total. The number of aromatic nitrogens is 2. The molecule has 1 aromatic rings. The van der Waals surface area contributed by atoms with Gasteiger partial charge in [0.2, 0.25) is 5.91 Å². The number of nitrogens with zero attached hydrogens (tertiary/aromatic N) is 3. The molecule has 1 fully saturated rings. The third-order valence-electron chi connectivity index (χ3n) is 4.46. The van der Waals surface area contributed by atoms with Crippen molar-refractivity contribution in [3.8, 4) is 0 Å². The highest BCUT2D eigenvalue weighted by molar-refractivity contribution is 7.99. The van der Waals surface area contributed by atoms with Crippen molar-refractivity contribution >= 4 is 46.7 Å². The van der Waals surface area contributed by atoms with Gasteiger partial charge in [-0.2, -0.15) is 0 Å². The van der Waals surface area contributed by atoms with Gasteiger partial charge in [0.25, 0.3) is 0 Å². The summed E-state index contributed by atoms with van der Waals surface area (Å²) in [7, 11) is 0. The van der Waals surface area contributed by atoms with Gasteiger partial charge in [0.1, 0.15) is 10.8 Å². The van der Waals surface area contributed by atoms with Gasteiger partial charge >= 0.3 is 0 Å². The van der Waals surface area contributed by atoms with Crippen LogP contribution in [0.15, 0.2) is 39.4 Å². The number of nitrogens with one attached hydrogen (secondary N) is 1. The van der Waals surface area contributed by atoms with Gasteiger partial charge in [-0.15, -0.1) is 10.2 Å². The minimum absolute atomic E-state index is 0.0267. The molecule has 2 aliphatic rings. The molecule has 28 heavy (non-hydrogen) atoms. The number of hydrogen-bond donors (Lipinski definition) is 2. The highest BCUT2D eigenvalue weighted by atomic mass is 35.5. The van der Waals surface area contributed by atoms with Crippen LogP contribution in [0.1, 0.15) is 6.42 Å². The standard InChI is InChI=1S/C18H23Cl2N5O2S/c19-14-2-1-12(7-15(14)20)9-25-5-6-27-13(10-25)8-22-17(26)11-28-18-4-3-16(21)23-24-18/h2-4,7,12-13H,1,5-6,8-11H2,(H2,21,23)(H,22,26)/t12?,13-/m0/s1. The summed E-state index contributed by atoms with van der Waals surface area (Å²) in [6, 6.07) is 3.41. The predicted octanol–water partition coefficient (Wildman–Crippen LogP) is 2.23. The van der Waals surface area contributed by atoms with E-state index in [1.54, 1.807) is 12.1 Å². The van der Waals surface area contributed by atoms with Gasteiger partial charge in [-0.1, -0.05) is 47.1 Å². The zero-order chi connectivity index (χ0) is 19.9. The summed E-state index contributed by atoms with van der Waals surface area (Å²) in [5.41, 5.74) is 5.50. The summed E-state index contributed by atoms with van der Waals surface area (Å²) in [6.45, 7) is 3.68. The fourth-order valence-electron chi connectivity index (χ4n) is 3.06. The number of nitrogen functional groups attached to an aromatic ring is 1. The van der Waals surface area contributed by atoms with Crippen LogP contribution in [0.4, 0.5) is 5.82 Å². The van der Waals surface area contributed by atoms with Crippen LogP contribution in [-0.2, 0) is 9.53 Å². The van der Waals surface area contributed by atoms with Gasteiger partial charge in [0.15, 0.2) is 0 Å². The molecule has 0 aromatic carbocycles. The Hall–Kier alpha value is -1.32. The summed E-state index contributed by atoms with van der Waals surface area (Å²) in [5.74, 6) is 0.915. The van der Waals surface area contributed by atoms with Crippen LogP contribution in [0.25, 0.3) is 0 Å². The summed E-state index contributed by atoms with van der Waals surface area (Å²) >= 11 is 13.5. The second-order valence-electron chi connectivity index (χ2n) is 6.70. The predicted molar refractivity (Wildman–Crippen MR) is 112 cm³/mol. The van der Waals surface area contributed by atoms with Gasteiger partial charge in [-0.05, 0) is 24.5 Å². The second-order valence-corrected chi connectivity index (χ2v) is 8.51. The molecular formula is C18H23Cl2N5O2S. The Labute approximate surface area is 178 Å². The van der Waals surface area contributed by atoms with E-state index in [9.17, 15) is 4.79 Å². The van der Waals surface area contributed by atoms with Crippen molar-refractivity contribution in [2.75, 3.05) is 44.3 Å². The lowest BCUT2D eigenvalue weighted by atomic mass is 9.99. The molecule has 10 heteroatoms. The Morgan fingerprint density at radius 2 is 2.21 bits per heavy atom. The number of carbonyl (C=O) groups excluding carboxylic acids is 1. The molecule has 1 saturated heterocycles. The molecule has 1 amide bonds. The first-order valence-electron chi connectivity index (χ1n) is 9.05. The molecule has 0 radical (unpaired) electrons. The number of ether oxygens (including phenoxy) is 1. The number of amides is 1. The van der Waals surface area contributed by atoms with Gasteiger partial charge < -0.3 is 15.8 Å². The van der Waals surface area contributed by atoms with E-state index in [1.165, 1.54) is 11.8 Å². The molecule has 0 bridgehead atoms. The van der Waals surface area contributed by atoms with E-state index >= 15 is 0 Å². The molecule has 3 rings (SSSR count). The first kappa shape index (κ1) is 21.4. The number of anilines is 1. The van der Waals surface area contributed by atoms with Gasteiger partial charge in [0.05, 0.1) is 28.5 Å². The van der Waals surface area contributed by atoms with E-state index in [0.29, 0.717) is 40.0 Å². The van der Waals surface area contributed by atoms with Crippen LogP contribution in [0.2, 0.25) is 0 Å². The SMILES string of the molecule is Nc1ccc(SCC(=O)NC[C@H]2CN(CC3C=C(Cl)C(Cl)=CC3)CCO2)nn1. The highest BCUT2D eigenvalue weighted by Gasteiger charge is 2.24. The third kappa shape index (κ3) is 6.63. The Bertz CT molecular complexity index is 744. The summed E-state index contributed by atoms with van der Waals surface area (Å²) in [6.07, 6.45) is 4.85. The molecule has 152 valence electrons. The van der Waals surface area contributed by atoms with E-state index in [1.807, 2.05) is 12.2 Å². The lowest BCUT2D eigenvalue weighted by Crippen LogP contribution is -2.48. The maximum atomic E-state index is 12.1. The Balaban J connectivity index is 1.37. The zero-order valence-corrected chi connectivity index (χ0v) is 17.6. The molecule has 1 aromatic heterocycles. The van der Waals surface area contributed by atoms with E-state index in [-0.39, 0.29) is 17.8 Å². The van der Waals surface area contributed by atoms with Gasteiger partial charge in [0, 0.05) is 26.2 Å². The number of rotatable bonds is 7. The zero-order valence-electron chi connectivity index (χ0n) is 15.3. The van der Waals surface area contributed by atoms with Crippen LogP contribution in [0.3, 0.4) is 0 Å². The van der Waals surface area contributed by atoms with E-state index in [4.69, 9.17) is 33.7 Å². The van der Waals surface area contributed by atoms with Crippen molar-refractivity contribution in [1.29, 1.82) is 0 Å². The average molecular weight is 444 g/mol. The maximum Gasteiger partial charge on any atom is 0.230 e. The van der Waals surface area contributed by atoms with Crippen LogP contribution < -0.4 is 11.1 Å². The lowest BCUT2D eigenvalue weighted by molar-refractivity contribution is -0.119. The fraction of sp³-hybridized carbons (Fsp3) is 0.500. The van der Waals surface area contributed by atoms with E-state index in [2.05, 4.69) is 20.4 Å². The van der Waals surface area contributed by atoms with Crippen molar-refractivity contribution in [3.05, 3.63) is 34.3 Å². The first-order chi connectivity index (χ1) is 13.5. The molecule has 0 spiro atoms. The molecule has 1 aliphatic carbocycles. The van der Waals surface area contributed by atoms with E-state index < -0.39 is 0 Å². The molecule has 2 atom stereocenters. The third-order valence-corrected chi connectivity index (χ3v) is 6.17. The summed E-state index contributed by atoms with van der Waals surface area (Å²) < 4.78 is 5.79. The number of halogens is 2. The minimum Gasteiger partial charge on any atom is -0.382 e. The quantitative estimate of drug-likeness (QED) is 0.623. The van der Waals surface area contributed by atoms with E-state index in [0.717, 1.165) is 26.1 Å². The van der Waals surface area contributed by atoms with Crippen LogP contribution in [-0.4, -0.2) is 65.6 Å². The number of thioether (sulfide) groups is 1. The van der Waals surface area contributed by atoms with Crippen molar-refractivity contribution in [2.24, 2.45) is 5.92 Å². The Morgan fingerprint density at radius 1 is 1.36 bits per heavy atom. The highest BCUT2D eigenvalue weighted by Crippen LogP contribution is 2.29. The normalized spacial score (nSPS) is 23.1. The van der Waals surface area contributed by atoms with Crippen molar-refractivity contribution in [3.63, 3.8) is 0 Å². The topological polar surface area (TPSA) is 93.4 Å². The molecule has 0 saturated carbocycles. The molecule has 1 unspecified atom stereocenters. The minimum atomic E-state index is -0.0638. The van der Waals surface area contributed by atoms with Crippen molar-refractivity contribution < 1.29 is 9.53 Å². The Morgan fingerprint density at radius 3 is 2.96 bits per heavy atom. The lowest BCUT2D eigenvalue weighted by Gasteiger charge is -2.35. The molecule has 1 aliphatic heterocycles. The molecular weight excluding hydrogens is 421 g/mol. The van der Waals surface area contributed by atoms with Crippen LogP contribution >= 0.6 is 35.0 Å².